The fraction of sp³-hybridized carbons (Fsp3) is 0.208. The Morgan fingerprint density at radius 3 is 2.63 bits per heavy atom. The number of nitro groups is 1. The molecule has 2 aromatic carbocycles. The number of rotatable bonds is 5. The normalized spacial score (nSPS) is 15.5. The van der Waals surface area contributed by atoms with Crippen molar-refractivity contribution in [2.45, 2.75) is 26.8 Å². The van der Waals surface area contributed by atoms with E-state index in [0.29, 0.717) is 16.1 Å². The second kappa shape index (κ2) is 9.74. The summed E-state index contributed by atoms with van der Waals surface area (Å²) in [6, 6.07) is 9.56. The van der Waals surface area contributed by atoms with Gasteiger partial charge in [0.05, 0.1) is 36.9 Å². The van der Waals surface area contributed by atoms with Crippen molar-refractivity contribution >= 4 is 51.7 Å². The number of aryl methyl sites for hydroxylation is 1. The van der Waals surface area contributed by atoms with Crippen LogP contribution in [0.5, 0.6) is 5.75 Å². The molecule has 0 saturated heterocycles. The highest BCUT2D eigenvalue weighted by atomic mass is 127. The van der Waals surface area contributed by atoms with Gasteiger partial charge < -0.3 is 9.84 Å². The number of phenols is 1. The number of benzene rings is 2. The van der Waals surface area contributed by atoms with Crippen LogP contribution in [0.1, 0.15) is 36.6 Å². The lowest BCUT2D eigenvalue weighted by Crippen LogP contribution is -2.39. The Morgan fingerprint density at radius 2 is 2.00 bits per heavy atom. The molecule has 1 N–H and O–H groups in total. The van der Waals surface area contributed by atoms with Gasteiger partial charge in [0.25, 0.3) is 5.56 Å². The first kappa shape index (κ1) is 24.8. The Bertz CT molecular complexity index is 1570. The quantitative estimate of drug-likeness (QED) is 0.206. The molecule has 2 heterocycles. The van der Waals surface area contributed by atoms with E-state index in [-0.39, 0.29) is 25.8 Å². The fourth-order valence-corrected chi connectivity index (χ4v) is 5.52. The minimum atomic E-state index is -0.734. The summed E-state index contributed by atoms with van der Waals surface area (Å²) < 4.78 is 7.31. The number of carbonyl (C=O) groups is 1. The molecule has 4 rings (SSSR count). The molecule has 0 radical (unpaired) electrons. The summed E-state index contributed by atoms with van der Waals surface area (Å²) >= 11 is 2.92. The lowest BCUT2D eigenvalue weighted by atomic mass is 9.95. The summed E-state index contributed by atoms with van der Waals surface area (Å²) in [5.41, 5.74) is 2.05. The van der Waals surface area contributed by atoms with Crippen molar-refractivity contribution in [2.24, 2.45) is 4.99 Å². The second-order valence-electron chi connectivity index (χ2n) is 7.84. The number of phenolic OH excluding ortho intramolecular Hbond substituents is 1. The topological polar surface area (TPSA) is 124 Å². The molecule has 180 valence electrons. The van der Waals surface area contributed by atoms with Crippen LogP contribution in [-0.4, -0.2) is 27.2 Å². The number of hydrogen-bond donors (Lipinski definition) is 1. The predicted molar refractivity (Wildman–Crippen MR) is 139 cm³/mol. The number of aromatic hydroxyl groups is 1. The number of hydrogen-bond acceptors (Lipinski definition) is 8. The zero-order valence-electron chi connectivity index (χ0n) is 18.9. The fourth-order valence-electron chi connectivity index (χ4n) is 3.83. The van der Waals surface area contributed by atoms with E-state index >= 15 is 0 Å². The molecular weight excluding hydrogens is 585 g/mol. The molecule has 35 heavy (non-hydrogen) atoms. The third-order valence-corrected chi connectivity index (χ3v) is 7.28. The lowest BCUT2D eigenvalue weighted by Gasteiger charge is -2.24. The first-order chi connectivity index (χ1) is 16.6. The molecule has 0 aliphatic carbocycles. The van der Waals surface area contributed by atoms with Gasteiger partial charge in [-0.25, -0.2) is 9.79 Å². The Hall–Kier alpha value is -3.32. The van der Waals surface area contributed by atoms with Gasteiger partial charge in [0.2, 0.25) is 5.75 Å². The van der Waals surface area contributed by atoms with Crippen LogP contribution < -0.4 is 14.9 Å². The van der Waals surface area contributed by atoms with Crippen LogP contribution in [0.3, 0.4) is 0 Å². The molecule has 1 aliphatic rings. The number of halogens is 1. The first-order valence-corrected chi connectivity index (χ1v) is 12.4. The van der Waals surface area contributed by atoms with Crippen LogP contribution in [0.25, 0.3) is 6.08 Å². The SMILES string of the molecule is CCOC(=O)C1=C(C)N=c2s/c(=C/c3cc(I)c(O)c([N+](=O)[O-])c3)c(=O)n2[C@H]1c1ccc(C)cc1. The Balaban J connectivity index is 1.96. The number of ether oxygens (including phenoxy) is 1. The molecule has 3 aromatic rings. The van der Waals surface area contributed by atoms with Crippen molar-refractivity contribution in [3.05, 3.63) is 97.7 Å². The van der Waals surface area contributed by atoms with Crippen LogP contribution in [0.4, 0.5) is 5.69 Å². The molecular formula is C24H20IN3O6S. The smallest absolute Gasteiger partial charge is 0.338 e. The van der Waals surface area contributed by atoms with Gasteiger partial charge in [-0.1, -0.05) is 41.2 Å². The monoisotopic (exact) mass is 605 g/mol. The van der Waals surface area contributed by atoms with Crippen molar-refractivity contribution in [3.63, 3.8) is 0 Å². The van der Waals surface area contributed by atoms with Crippen molar-refractivity contribution in [2.75, 3.05) is 6.61 Å². The highest BCUT2D eigenvalue weighted by Gasteiger charge is 2.33. The van der Waals surface area contributed by atoms with Crippen LogP contribution in [-0.2, 0) is 9.53 Å². The molecule has 9 nitrogen and oxygen atoms in total. The molecule has 1 atom stereocenters. The largest absolute Gasteiger partial charge is 0.501 e. The van der Waals surface area contributed by atoms with Gasteiger partial charge in [-0.05, 0) is 66.6 Å². The number of nitro benzene ring substituents is 1. The number of nitrogens with zero attached hydrogens (tertiary/aromatic N) is 3. The molecule has 0 amide bonds. The van der Waals surface area contributed by atoms with E-state index in [1.807, 2.05) is 31.2 Å². The molecule has 0 spiro atoms. The van der Waals surface area contributed by atoms with E-state index < -0.39 is 28.4 Å². The van der Waals surface area contributed by atoms with Gasteiger partial charge in [-0.15, -0.1) is 0 Å². The molecule has 0 unspecified atom stereocenters. The predicted octanol–water partition coefficient (Wildman–Crippen LogP) is 3.33. The van der Waals surface area contributed by atoms with Gasteiger partial charge in [-0.3, -0.25) is 19.5 Å². The molecule has 0 fully saturated rings. The number of aromatic nitrogens is 1. The van der Waals surface area contributed by atoms with Crippen LogP contribution in [0.15, 0.2) is 57.5 Å². The number of carbonyl (C=O) groups excluding carboxylic acids is 1. The van der Waals surface area contributed by atoms with Crippen molar-refractivity contribution in [1.29, 1.82) is 0 Å². The summed E-state index contributed by atoms with van der Waals surface area (Å²) in [5.74, 6) is -0.972. The lowest BCUT2D eigenvalue weighted by molar-refractivity contribution is -0.386. The van der Waals surface area contributed by atoms with E-state index in [1.165, 1.54) is 16.7 Å². The number of thiazole rings is 1. The molecule has 1 aliphatic heterocycles. The number of fused-ring (bicyclic) bond motifs is 1. The van der Waals surface area contributed by atoms with Gasteiger partial charge in [0.1, 0.15) is 0 Å². The Kier molecular flexibility index (Phi) is 6.90. The van der Waals surface area contributed by atoms with E-state index in [9.17, 15) is 24.8 Å². The van der Waals surface area contributed by atoms with Gasteiger partial charge >= 0.3 is 11.7 Å². The van der Waals surface area contributed by atoms with Crippen LogP contribution in [0.2, 0.25) is 0 Å². The van der Waals surface area contributed by atoms with Crippen molar-refractivity contribution < 1.29 is 19.6 Å². The Morgan fingerprint density at radius 1 is 1.31 bits per heavy atom. The van der Waals surface area contributed by atoms with E-state index in [1.54, 1.807) is 42.5 Å². The average molecular weight is 605 g/mol. The molecule has 0 saturated carbocycles. The maximum Gasteiger partial charge on any atom is 0.338 e. The highest BCUT2D eigenvalue weighted by Crippen LogP contribution is 2.33. The average Bonchev–Trinajstić information content (AvgIpc) is 3.10. The zero-order chi connectivity index (χ0) is 25.4. The second-order valence-corrected chi connectivity index (χ2v) is 10.0. The standard InChI is InChI=1S/C24H20IN3O6S/c1-4-34-23(31)19-13(3)26-24-27(20(19)15-7-5-12(2)6-8-15)22(30)18(35-24)11-14-9-16(25)21(29)17(10-14)28(32)33/h5-11,20,29H,4H2,1-3H3/b18-11+/t20-/m0/s1. The first-order valence-electron chi connectivity index (χ1n) is 10.6. The Labute approximate surface area is 217 Å². The van der Waals surface area contributed by atoms with Gasteiger partial charge in [0.15, 0.2) is 4.80 Å². The minimum Gasteiger partial charge on any atom is -0.501 e. The van der Waals surface area contributed by atoms with E-state index in [0.717, 1.165) is 22.5 Å². The van der Waals surface area contributed by atoms with Crippen LogP contribution >= 0.6 is 33.9 Å². The third-order valence-electron chi connectivity index (χ3n) is 5.47. The summed E-state index contributed by atoms with van der Waals surface area (Å²) in [6.45, 7) is 5.54. The maximum atomic E-state index is 13.6. The minimum absolute atomic E-state index is 0.179. The summed E-state index contributed by atoms with van der Waals surface area (Å²) in [6.07, 6.45) is 1.52. The van der Waals surface area contributed by atoms with Gasteiger partial charge in [-0.2, -0.15) is 0 Å². The number of allylic oxidation sites excluding steroid dienone is 1. The summed E-state index contributed by atoms with van der Waals surface area (Å²) in [5, 5.41) is 21.3. The molecule has 0 bridgehead atoms. The van der Waals surface area contributed by atoms with E-state index in [2.05, 4.69) is 4.99 Å². The summed E-state index contributed by atoms with van der Waals surface area (Å²) in [7, 11) is 0. The third kappa shape index (κ3) is 4.65. The maximum absolute atomic E-state index is 13.6. The van der Waals surface area contributed by atoms with Crippen molar-refractivity contribution in [1.82, 2.24) is 4.57 Å². The van der Waals surface area contributed by atoms with E-state index in [4.69, 9.17) is 4.74 Å². The van der Waals surface area contributed by atoms with Gasteiger partial charge in [0, 0.05) is 6.07 Å². The highest BCUT2D eigenvalue weighted by molar-refractivity contribution is 14.1. The van der Waals surface area contributed by atoms with Crippen LogP contribution in [0, 0.1) is 20.6 Å². The summed E-state index contributed by atoms with van der Waals surface area (Å²) in [4.78, 5) is 42.1. The zero-order valence-corrected chi connectivity index (χ0v) is 21.9. The molecule has 11 heteroatoms. The van der Waals surface area contributed by atoms with Crippen molar-refractivity contribution in [3.8, 4) is 5.75 Å². The number of esters is 1. The molecule has 1 aromatic heterocycles.